The molecule has 0 aromatic heterocycles. The summed E-state index contributed by atoms with van der Waals surface area (Å²) in [7, 11) is 0. The molecule has 2 unspecified atom stereocenters. The minimum absolute atomic E-state index is 0.0344. The molecular formula is C14H20N4O3. The molecule has 3 aliphatic heterocycles. The number of likely N-dealkylation sites (tertiary alicyclic amines) is 1. The third-order valence-electron chi connectivity index (χ3n) is 5.49. The Hall–Kier alpha value is -1.79. The number of piperidine rings is 1. The lowest BCUT2D eigenvalue weighted by atomic mass is 9.64. The highest BCUT2D eigenvalue weighted by Gasteiger charge is 2.53. The van der Waals surface area contributed by atoms with E-state index in [2.05, 4.69) is 16.0 Å². The highest BCUT2D eigenvalue weighted by atomic mass is 16.2. The molecule has 3 N–H and O–H groups in total. The monoisotopic (exact) mass is 292 g/mol. The Morgan fingerprint density at radius 2 is 2.14 bits per heavy atom. The van der Waals surface area contributed by atoms with Crippen molar-refractivity contribution >= 4 is 17.8 Å². The fourth-order valence-corrected chi connectivity index (χ4v) is 4.23. The van der Waals surface area contributed by atoms with E-state index in [9.17, 15) is 14.4 Å². The van der Waals surface area contributed by atoms with Crippen LogP contribution in [-0.4, -0.2) is 54.0 Å². The summed E-state index contributed by atoms with van der Waals surface area (Å²) in [6.07, 6.45) is 3.86. The van der Waals surface area contributed by atoms with Crippen LogP contribution in [0, 0.1) is 5.41 Å². The fourth-order valence-electron chi connectivity index (χ4n) is 4.23. The van der Waals surface area contributed by atoms with Crippen molar-refractivity contribution in [2.24, 2.45) is 5.41 Å². The van der Waals surface area contributed by atoms with Gasteiger partial charge in [0, 0.05) is 25.2 Å². The van der Waals surface area contributed by atoms with Gasteiger partial charge < -0.3 is 20.9 Å². The molecule has 0 radical (unpaired) electrons. The molecule has 2 bridgehead atoms. The van der Waals surface area contributed by atoms with Gasteiger partial charge in [-0.3, -0.25) is 9.59 Å². The summed E-state index contributed by atoms with van der Waals surface area (Å²) in [6.45, 7) is 1.37. The van der Waals surface area contributed by atoms with Crippen LogP contribution < -0.4 is 16.0 Å². The Balaban J connectivity index is 1.35. The van der Waals surface area contributed by atoms with E-state index in [4.69, 9.17) is 0 Å². The summed E-state index contributed by atoms with van der Waals surface area (Å²) in [5.74, 6) is 0.0943. The maximum Gasteiger partial charge on any atom is 0.318 e. The fraction of sp³-hybridized carbons (Fsp3) is 0.786. The third kappa shape index (κ3) is 1.90. The van der Waals surface area contributed by atoms with Crippen molar-refractivity contribution in [1.82, 2.24) is 20.9 Å². The van der Waals surface area contributed by atoms with Gasteiger partial charge in [0.15, 0.2) is 0 Å². The van der Waals surface area contributed by atoms with E-state index < -0.39 is 0 Å². The Morgan fingerprint density at radius 3 is 2.86 bits per heavy atom. The number of rotatable bonds is 1. The number of urea groups is 1. The molecule has 4 aliphatic rings. The number of hydrogen-bond acceptors (Lipinski definition) is 3. The standard InChI is InChI=1S/C14H20N4O3/c19-11-10-5-8(16-11)1-4-18(10)13(21)17-9-6-14(7-9)2-3-15-12(14)20/h8-10H,1-7H2,(H,15,20)(H,16,19)(H,17,21). The first-order valence-corrected chi connectivity index (χ1v) is 7.73. The quantitative estimate of drug-likeness (QED) is 0.598. The zero-order valence-corrected chi connectivity index (χ0v) is 11.9. The van der Waals surface area contributed by atoms with E-state index in [1.807, 2.05) is 0 Å². The first-order chi connectivity index (χ1) is 10.1. The Bertz CT molecular complexity index is 514. The van der Waals surface area contributed by atoms with Crippen LogP contribution in [0.25, 0.3) is 0 Å². The zero-order valence-electron chi connectivity index (χ0n) is 11.9. The van der Waals surface area contributed by atoms with Crippen molar-refractivity contribution < 1.29 is 14.4 Å². The lowest BCUT2D eigenvalue weighted by molar-refractivity contribution is -0.133. The number of nitrogens with zero attached hydrogens (tertiary/aromatic N) is 1. The number of carbonyl (C=O) groups excluding carboxylic acids is 3. The highest BCUT2D eigenvalue weighted by Crippen LogP contribution is 2.46. The average Bonchev–Trinajstić information content (AvgIpc) is 2.92. The SMILES string of the molecule is O=C1NC2CCN(C(=O)NC3CC4(CCNC4=O)C3)C1C2. The van der Waals surface area contributed by atoms with Crippen LogP contribution in [-0.2, 0) is 9.59 Å². The van der Waals surface area contributed by atoms with Crippen molar-refractivity contribution in [2.45, 2.75) is 50.2 Å². The molecule has 3 saturated heterocycles. The molecule has 7 heteroatoms. The van der Waals surface area contributed by atoms with Crippen LogP contribution in [0.5, 0.6) is 0 Å². The second-order valence-corrected chi connectivity index (χ2v) is 6.78. The van der Waals surface area contributed by atoms with E-state index in [1.54, 1.807) is 4.90 Å². The van der Waals surface area contributed by atoms with Crippen molar-refractivity contribution in [3.8, 4) is 0 Å². The van der Waals surface area contributed by atoms with Gasteiger partial charge in [-0.05, 0) is 32.1 Å². The van der Waals surface area contributed by atoms with E-state index in [0.29, 0.717) is 6.54 Å². The minimum atomic E-state index is -0.312. The molecule has 21 heavy (non-hydrogen) atoms. The second-order valence-electron chi connectivity index (χ2n) is 6.78. The summed E-state index contributed by atoms with van der Waals surface area (Å²) in [5.41, 5.74) is -0.240. The lowest BCUT2D eigenvalue weighted by Gasteiger charge is -2.44. The van der Waals surface area contributed by atoms with Crippen LogP contribution in [0.3, 0.4) is 0 Å². The second kappa shape index (κ2) is 4.35. The lowest BCUT2D eigenvalue weighted by Crippen LogP contribution is -2.58. The zero-order chi connectivity index (χ0) is 14.6. The van der Waals surface area contributed by atoms with Gasteiger partial charge in [0.05, 0.1) is 5.41 Å². The molecule has 1 aliphatic carbocycles. The summed E-state index contributed by atoms with van der Waals surface area (Å²) in [4.78, 5) is 37.6. The number of fused-ring (bicyclic) bond motifs is 2. The molecule has 0 aromatic rings. The number of hydrogen-bond donors (Lipinski definition) is 3. The molecule has 2 atom stereocenters. The molecular weight excluding hydrogens is 272 g/mol. The molecule has 1 saturated carbocycles. The summed E-state index contributed by atoms with van der Waals surface area (Å²) < 4.78 is 0. The van der Waals surface area contributed by atoms with Gasteiger partial charge in [0.25, 0.3) is 0 Å². The maximum atomic E-state index is 12.4. The topological polar surface area (TPSA) is 90.5 Å². The van der Waals surface area contributed by atoms with Crippen molar-refractivity contribution in [1.29, 1.82) is 0 Å². The van der Waals surface area contributed by atoms with E-state index in [-0.39, 0.29) is 41.4 Å². The van der Waals surface area contributed by atoms with Crippen LogP contribution >= 0.6 is 0 Å². The average molecular weight is 292 g/mol. The molecule has 4 rings (SSSR count). The Morgan fingerprint density at radius 1 is 1.33 bits per heavy atom. The largest absolute Gasteiger partial charge is 0.356 e. The maximum absolute atomic E-state index is 12.4. The summed E-state index contributed by atoms with van der Waals surface area (Å²) in [6, 6.07) is -0.175. The van der Waals surface area contributed by atoms with Crippen LogP contribution in [0.2, 0.25) is 0 Å². The molecule has 4 amide bonds. The molecule has 4 fully saturated rings. The molecule has 114 valence electrons. The van der Waals surface area contributed by atoms with Gasteiger partial charge >= 0.3 is 6.03 Å². The smallest absolute Gasteiger partial charge is 0.318 e. The Kier molecular flexibility index (Phi) is 2.68. The van der Waals surface area contributed by atoms with Crippen LogP contribution in [0.4, 0.5) is 4.79 Å². The van der Waals surface area contributed by atoms with E-state index in [0.717, 1.165) is 38.6 Å². The van der Waals surface area contributed by atoms with Gasteiger partial charge in [-0.25, -0.2) is 4.79 Å². The number of carbonyl (C=O) groups is 3. The van der Waals surface area contributed by atoms with Crippen molar-refractivity contribution in [3.63, 3.8) is 0 Å². The molecule has 1 spiro atoms. The van der Waals surface area contributed by atoms with E-state index in [1.165, 1.54) is 0 Å². The summed E-state index contributed by atoms with van der Waals surface area (Å²) in [5, 5.41) is 8.76. The predicted octanol–water partition coefficient (Wildman–Crippen LogP) is -0.672. The minimum Gasteiger partial charge on any atom is -0.356 e. The van der Waals surface area contributed by atoms with E-state index >= 15 is 0 Å². The normalized spacial score (nSPS) is 40.8. The van der Waals surface area contributed by atoms with Crippen molar-refractivity contribution in [3.05, 3.63) is 0 Å². The van der Waals surface area contributed by atoms with Crippen molar-refractivity contribution in [2.75, 3.05) is 13.1 Å². The van der Waals surface area contributed by atoms with Crippen LogP contribution in [0.15, 0.2) is 0 Å². The molecule has 3 heterocycles. The van der Waals surface area contributed by atoms with Crippen LogP contribution in [0.1, 0.15) is 32.1 Å². The van der Waals surface area contributed by atoms with Gasteiger partial charge in [0.2, 0.25) is 11.8 Å². The van der Waals surface area contributed by atoms with Gasteiger partial charge in [-0.15, -0.1) is 0 Å². The molecule has 0 aromatic carbocycles. The first-order valence-electron chi connectivity index (χ1n) is 7.73. The Labute approximate surface area is 122 Å². The predicted molar refractivity (Wildman–Crippen MR) is 73.3 cm³/mol. The molecule has 7 nitrogen and oxygen atoms in total. The summed E-state index contributed by atoms with van der Waals surface area (Å²) >= 11 is 0. The third-order valence-corrected chi connectivity index (χ3v) is 5.49. The number of amides is 4. The first kappa shape index (κ1) is 12.9. The van der Waals surface area contributed by atoms with Gasteiger partial charge in [-0.1, -0.05) is 0 Å². The van der Waals surface area contributed by atoms with Gasteiger partial charge in [-0.2, -0.15) is 0 Å². The highest BCUT2D eigenvalue weighted by molar-refractivity contribution is 5.90. The number of nitrogens with one attached hydrogen (secondary N) is 3. The van der Waals surface area contributed by atoms with Gasteiger partial charge in [0.1, 0.15) is 6.04 Å².